The Hall–Kier alpha value is -4.06. The zero-order valence-corrected chi connectivity index (χ0v) is 23.7. The first-order valence-corrected chi connectivity index (χ1v) is 14.4. The number of hydrogen-bond donors (Lipinski definition) is 1. The SMILES string of the molecule is Cc1cccn2c(C)c(/C(O)=C3\C(=O)C(=O)N(c4nnc(SCc5ccccc5Cl)s4)C3c3cccnc3)nc12. The Morgan fingerprint density at radius 3 is 2.67 bits per heavy atom. The highest BCUT2D eigenvalue weighted by Gasteiger charge is 2.49. The summed E-state index contributed by atoms with van der Waals surface area (Å²) < 4.78 is 2.45. The van der Waals surface area contributed by atoms with Gasteiger partial charge in [-0.25, -0.2) is 4.98 Å². The van der Waals surface area contributed by atoms with Gasteiger partial charge in [-0.2, -0.15) is 0 Å². The molecule has 12 heteroatoms. The Bertz CT molecular complexity index is 1820. The molecule has 1 aliphatic heterocycles. The molecule has 0 radical (unpaired) electrons. The van der Waals surface area contributed by atoms with E-state index in [1.165, 1.54) is 28.0 Å². The lowest BCUT2D eigenvalue weighted by molar-refractivity contribution is -0.132. The third kappa shape index (κ3) is 4.45. The zero-order valence-electron chi connectivity index (χ0n) is 21.3. The molecule has 5 heterocycles. The number of aliphatic hydroxyl groups is 1. The van der Waals surface area contributed by atoms with Crippen molar-refractivity contribution >= 4 is 62.9 Å². The van der Waals surface area contributed by atoms with Crippen molar-refractivity contribution in [3.05, 3.63) is 106 Å². The molecule has 4 aromatic heterocycles. The van der Waals surface area contributed by atoms with E-state index < -0.39 is 17.7 Å². The number of halogens is 1. The summed E-state index contributed by atoms with van der Waals surface area (Å²) in [6, 6.07) is 13.8. The van der Waals surface area contributed by atoms with Gasteiger partial charge in [0.05, 0.1) is 17.3 Å². The van der Waals surface area contributed by atoms with Crippen molar-refractivity contribution in [3.63, 3.8) is 0 Å². The van der Waals surface area contributed by atoms with E-state index >= 15 is 0 Å². The van der Waals surface area contributed by atoms with E-state index in [4.69, 9.17) is 11.6 Å². The Labute approximate surface area is 242 Å². The van der Waals surface area contributed by atoms with Gasteiger partial charge in [0, 0.05) is 29.4 Å². The Morgan fingerprint density at radius 1 is 1.10 bits per heavy atom. The number of carbonyl (C=O) groups is 2. The molecule has 1 atom stereocenters. The number of pyridine rings is 2. The molecular weight excluding hydrogens is 568 g/mol. The van der Waals surface area contributed by atoms with Gasteiger partial charge in [0.1, 0.15) is 11.3 Å². The van der Waals surface area contributed by atoms with Crippen LogP contribution in [0.4, 0.5) is 5.13 Å². The lowest BCUT2D eigenvalue weighted by Gasteiger charge is -2.21. The number of anilines is 1. The summed E-state index contributed by atoms with van der Waals surface area (Å²) >= 11 is 8.90. The number of imidazole rings is 1. The van der Waals surface area contributed by atoms with Crippen LogP contribution in [0.15, 0.2) is 77.0 Å². The molecule has 6 rings (SSSR count). The monoisotopic (exact) mass is 588 g/mol. The van der Waals surface area contributed by atoms with Gasteiger partial charge in [-0.1, -0.05) is 65.0 Å². The Morgan fingerprint density at radius 2 is 1.93 bits per heavy atom. The number of hydrogen-bond acceptors (Lipinski definition) is 9. The number of ketones is 1. The molecule has 1 fully saturated rings. The second-order valence-electron chi connectivity index (χ2n) is 9.12. The molecule has 0 bridgehead atoms. The van der Waals surface area contributed by atoms with E-state index in [9.17, 15) is 14.7 Å². The molecule has 0 aliphatic carbocycles. The van der Waals surface area contributed by atoms with E-state index in [1.54, 1.807) is 31.5 Å². The molecule has 200 valence electrons. The molecule has 0 saturated carbocycles. The Kier molecular flexibility index (Phi) is 6.87. The van der Waals surface area contributed by atoms with Crippen LogP contribution < -0.4 is 4.90 Å². The van der Waals surface area contributed by atoms with Crippen LogP contribution in [-0.2, 0) is 15.3 Å². The molecule has 40 heavy (non-hydrogen) atoms. The van der Waals surface area contributed by atoms with Gasteiger partial charge in [-0.15, -0.1) is 10.2 Å². The molecule has 1 amide bonds. The molecule has 5 aromatic rings. The highest BCUT2D eigenvalue weighted by molar-refractivity contribution is 8.00. The van der Waals surface area contributed by atoms with Crippen molar-refractivity contribution in [3.8, 4) is 0 Å². The largest absolute Gasteiger partial charge is 0.505 e. The summed E-state index contributed by atoms with van der Waals surface area (Å²) in [4.78, 5) is 37.1. The number of aryl methyl sites for hydroxylation is 2. The predicted molar refractivity (Wildman–Crippen MR) is 155 cm³/mol. The van der Waals surface area contributed by atoms with Crippen LogP contribution in [0.2, 0.25) is 5.02 Å². The molecule has 1 unspecified atom stereocenters. The molecule has 1 saturated heterocycles. The number of aliphatic hydroxyl groups excluding tert-OH is 1. The van der Waals surface area contributed by atoms with Crippen LogP contribution in [0.5, 0.6) is 0 Å². The number of thioether (sulfide) groups is 1. The first kappa shape index (κ1) is 26.2. The van der Waals surface area contributed by atoms with Crippen LogP contribution >= 0.6 is 34.7 Å². The molecule has 0 spiro atoms. The zero-order chi connectivity index (χ0) is 28.0. The number of aromatic nitrogens is 5. The predicted octanol–water partition coefficient (Wildman–Crippen LogP) is 5.77. The standard InChI is InChI=1S/C28H21ClN6O3S2/c1-15-7-6-12-34-16(2)21(31-25(15)34)23(36)20-22(17-9-5-11-30-13-17)35(26(38)24(20)37)27-32-33-28(40-27)39-14-18-8-3-4-10-19(18)29/h3-13,22,36H,14H2,1-2H3/b23-20+. The number of carbonyl (C=O) groups excluding carboxylic acids is 2. The highest BCUT2D eigenvalue weighted by Crippen LogP contribution is 2.44. The second kappa shape index (κ2) is 10.5. The van der Waals surface area contributed by atoms with Gasteiger partial charge in [0.25, 0.3) is 5.78 Å². The van der Waals surface area contributed by atoms with E-state index in [1.807, 2.05) is 53.9 Å². The van der Waals surface area contributed by atoms with E-state index in [0.717, 1.165) is 11.1 Å². The number of nitrogens with zero attached hydrogens (tertiary/aromatic N) is 6. The van der Waals surface area contributed by atoms with Crippen molar-refractivity contribution in [2.75, 3.05) is 4.90 Å². The van der Waals surface area contributed by atoms with Crippen molar-refractivity contribution in [1.29, 1.82) is 0 Å². The molecule has 1 aliphatic rings. The van der Waals surface area contributed by atoms with Crippen molar-refractivity contribution in [2.24, 2.45) is 0 Å². The fraction of sp³-hybridized carbons (Fsp3) is 0.143. The van der Waals surface area contributed by atoms with Crippen LogP contribution in [0.3, 0.4) is 0 Å². The van der Waals surface area contributed by atoms with E-state index in [0.29, 0.717) is 32.0 Å². The number of Topliss-reactive ketones (excluding diaryl/α,β-unsaturated/α-hetero) is 1. The maximum absolute atomic E-state index is 13.5. The lowest BCUT2D eigenvalue weighted by atomic mass is 9.98. The van der Waals surface area contributed by atoms with Crippen molar-refractivity contribution < 1.29 is 14.7 Å². The number of rotatable bonds is 6. The molecule has 1 N–H and O–H groups in total. The van der Waals surface area contributed by atoms with Crippen LogP contribution in [0, 0.1) is 13.8 Å². The summed E-state index contributed by atoms with van der Waals surface area (Å²) in [7, 11) is 0. The maximum Gasteiger partial charge on any atom is 0.301 e. The van der Waals surface area contributed by atoms with Crippen LogP contribution in [-0.4, -0.2) is 41.4 Å². The fourth-order valence-corrected chi connectivity index (χ4v) is 6.82. The number of fused-ring (bicyclic) bond motifs is 1. The Balaban J connectivity index is 1.43. The highest BCUT2D eigenvalue weighted by atomic mass is 35.5. The minimum atomic E-state index is -0.964. The molecule has 1 aromatic carbocycles. The maximum atomic E-state index is 13.5. The van der Waals surface area contributed by atoms with Crippen LogP contribution in [0.1, 0.15) is 34.1 Å². The average molecular weight is 589 g/mol. The van der Waals surface area contributed by atoms with Gasteiger partial charge < -0.3 is 9.51 Å². The molecule has 9 nitrogen and oxygen atoms in total. The van der Waals surface area contributed by atoms with Gasteiger partial charge >= 0.3 is 5.91 Å². The van der Waals surface area contributed by atoms with Crippen molar-refractivity contribution in [2.45, 2.75) is 30.0 Å². The van der Waals surface area contributed by atoms with E-state index in [2.05, 4.69) is 20.2 Å². The lowest BCUT2D eigenvalue weighted by Crippen LogP contribution is -2.29. The van der Waals surface area contributed by atoms with Gasteiger partial charge in [0.15, 0.2) is 10.1 Å². The summed E-state index contributed by atoms with van der Waals surface area (Å²) in [6.07, 6.45) is 4.99. The smallest absolute Gasteiger partial charge is 0.301 e. The summed E-state index contributed by atoms with van der Waals surface area (Å²) in [5, 5.41) is 20.9. The van der Waals surface area contributed by atoms with Gasteiger partial charge in [0.2, 0.25) is 5.13 Å². The quantitative estimate of drug-likeness (QED) is 0.0874. The van der Waals surface area contributed by atoms with Gasteiger partial charge in [-0.3, -0.25) is 19.5 Å². The minimum Gasteiger partial charge on any atom is -0.505 e. The number of benzene rings is 1. The summed E-state index contributed by atoms with van der Waals surface area (Å²) in [5.41, 5.74) is 3.84. The van der Waals surface area contributed by atoms with Gasteiger partial charge in [-0.05, 0) is 48.7 Å². The minimum absolute atomic E-state index is 0.0809. The van der Waals surface area contributed by atoms with Crippen LogP contribution in [0.25, 0.3) is 11.4 Å². The third-order valence-corrected chi connectivity index (χ3v) is 9.14. The molecular formula is C28H21ClN6O3S2. The third-order valence-electron chi connectivity index (χ3n) is 6.66. The first-order chi connectivity index (χ1) is 19.3. The average Bonchev–Trinajstić information content (AvgIpc) is 3.64. The van der Waals surface area contributed by atoms with E-state index in [-0.39, 0.29) is 22.2 Å². The summed E-state index contributed by atoms with van der Waals surface area (Å²) in [5.74, 6) is -1.44. The van der Waals surface area contributed by atoms with Crippen molar-refractivity contribution in [1.82, 2.24) is 24.6 Å². The normalized spacial score (nSPS) is 16.8. The fourth-order valence-electron chi connectivity index (χ4n) is 4.67. The number of amides is 1. The second-order valence-corrected chi connectivity index (χ2v) is 11.7. The summed E-state index contributed by atoms with van der Waals surface area (Å²) in [6.45, 7) is 3.72. The topological polar surface area (TPSA) is 114 Å². The first-order valence-electron chi connectivity index (χ1n) is 12.2.